The van der Waals surface area contributed by atoms with Gasteiger partial charge in [-0.05, 0) is 25.5 Å². The summed E-state index contributed by atoms with van der Waals surface area (Å²) in [6, 6.07) is 1.60. The van der Waals surface area contributed by atoms with Crippen LogP contribution in [0, 0.1) is 13.8 Å². The van der Waals surface area contributed by atoms with Crippen LogP contribution < -0.4 is 4.72 Å². The number of aryl methyl sites for hydroxylation is 2. The molecular weight excluding hydrogens is 294 g/mol. The number of sulfonamides is 1. The Bertz CT molecular complexity index is 682. The maximum Gasteiger partial charge on any atom is 0.273 e. The fourth-order valence-electron chi connectivity index (χ4n) is 1.38. The highest BCUT2D eigenvalue weighted by Gasteiger charge is 2.22. The first-order valence-electron chi connectivity index (χ1n) is 4.96. The zero-order valence-corrected chi connectivity index (χ0v) is 12.0. The SMILES string of the molecule is Cc1cnccc1NS(=O)(=O)c1sc(Cl)nc1C. The second kappa shape index (κ2) is 4.83. The molecule has 2 aromatic heterocycles. The Morgan fingerprint density at radius 2 is 2.11 bits per heavy atom. The van der Waals surface area contributed by atoms with Gasteiger partial charge in [0.25, 0.3) is 10.0 Å². The van der Waals surface area contributed by atoms with Gasteiger partial charge in [-0.1, -0.05) is 22.9 Å². The molecule has 5 nitrogen and oxygen atoms in total. The lowest BCUT2D eigenvalue weighted by Crippen LogP contribution is -2.13. The molecule has 0 aliphatic carbocycles. The van der Waals surface area contributed by atoms with Crippen molar-refractivity contribution in [1.82, 2.24) is 9.97 Å². The van der Waals surface area contributed by atoms with Gasteiger partial charge in [0.05, 0.1) is 11.4 Å². The Morgan fingerprint density at radius 1 is 1.39 bits per heavy atom. The van der Waals surface area contributed by atoms with Gasteiger partial charge in [-0.25, -0.2) is 13.4 Å². The van der Waals surface area contributed by atoms with E-state index in [2.05, 4.69) is 14.7 Å². The van der Waals surface area contributed by atoms with Crippen molar-refractivity contribution in [1.29, 1.82) is 0 Å². The molecule has 0 aromatic carbocycles. The lowest BCUT2D eigenvalue weighted by molar-refractivity contribution is 0.602. The van der Waals surface area contributed by atoms with E-state index in [0.29, 0.717) is 11.4 Å². The van der Waals surface area contributed by atoms with Gasteiger partial charge >= 0.3 is 0 Å². The Labute approximate surface area is 114 Å². The van der Waals surface area contributed by atoms with Crippen molar-refractivity contribution in [2.24, 2.45) is 0 Å². The average Bonchev–Trinajstić information content (AvgIpc) is 2.62. The molecule has 18 heavy (non-hydrogen) atoms. The molecule has 0 spiro atoms. The summed E-state index contributed by atoms with van der Waals surface area (Å²) in [6.45, 7) is 3.38. The van der Waals surface area contributed by atoms with Crippen molar-refractivity contribution in [3.8, 4) is 0 Å². The van der Waals surface area contributed by atoms with Crippen LogP contribution in [0.15, 0.2) is 22.7 Å². The molecule has 1 N–H and O–H groups in total. The zero-order chi connectivity index (χ0) is 13.3. The first kappa shape index (κ1) is 13.3. The molecule has 0 radical (unpaired) electrons. The number of thiazole rings is 1. The molecule has 0 saturated carbocycles. The summed E-state index contributed by atoms with van der Waals surface area (Å²) in [6.07, 6.45) is 3.11. The van der Waals surface area contributed by atoms with Crippen LogP contribution in [-0.2, 0) is 10.0 Å². The van der Waals surface area contributed by atoms with Gasteiger partial charge in [-0.2, -0.15) is 0 Å². The van der Waals surface area contributed by atoms with Crippen LogP contribution in [0.2, 0.25) is 4.47 Å². The molecule has 0 unspecified atom stereocenters. The van der Waals surface area contributed by atoms with Crippen molar-refractivity contribution >= 4 is 38.6 Å². The van der Waals surface area contributed by atoms with Gasteiger partial charge in [0.15, 0.2) is 8.68 Å². The Kier molecular flexibility index (Phi) is 3.56. The molecule has 0 aliphatic heterocycles. The number of rotatable bonds is 3. The predicted molar refractivity (Wildman–Crippen MR) is 71.6 cm³/mol. The molecule has 2 aromatic rings. The molecule has 96 valence electrons. The van der Waals surface area contributed by atoms with E-state index in [-0.39, 0.29) is 8.68 Å². The molecule has 0 saturated heterocycles. The van der Waals surface area contributed by atoms with Crippen molar-refractivity contribution in [2.45, 2.75) is 18.1 Å². The number of halogens is 1. The Hall–Kier alpha value is -1.18. The third-order valence-electron chi connectivity index (χ3n) is 2.24. The summed E-state index contributed by atoms with van der Waals surface area (Å²) in [5, 5.41) is 0. The highest BCUT2D eigenvalue weighted by molar-refractivity contribution is 7.94. The molecular formula is C10H10ClN3O2S2. The van der Waals surface area contributed by atoms with Crippen LogP contribution in [-0.4, -0.2) is 18.4 Å². The van der Waals surface area contributed by atoms with E-state index in [9.17, 15) is 8.42 Å². The van der Waals surface area contributed by atoms with Gasteiger partial charge in [-0.3, -0.25) is 9.71 Å². The summed E-state index contributed by atoms with van der Waals surface area (Å²) in [5.74, 6) is 0. The van der Waals surface area contributed by atoms with Crippen molar-refractivity contribution < 1.29 is 8.42 Å². The second-order valence-electron chi connectivity index (χ2n) is 3.64. The van der Waals surface area contributed by atoms with Crippen LogP contribution in [0.3, 0.4) is 0 Å². The number of nitrogens with one attached hydrogen (secondary N) is 1. The van der Waals surface area contributed by atoms with E-state index < -0.39 is 10.0 Å². The van der Waals surface area contributed by atoms with E-state index in [1.54, 1.807) is 26.1 Å². The number of nitrogens with zero attached hydrogens (tertiary/aromatic N) is 2. The minimum absolute atomic E-state index is 0.128. The lowest BCUT2D eigenvalue weighted by atomic mass is 10.3. The fraction of sp³-hybridized carbons (Fsp3) is 0.200. The quantitative estimate of drug-likeness (QED) is 0.946. The van der Waals surface area contributed by atoms with E-state index in [4.69, 9.17) is 11.6 Å². The molecule has 0 aliphatic rings. The number of aromatic nitrogens is 2. The molecule has 0 amide bonds. The normalized spacial score (nSPS) is 11.5. The van der Waals surface area contributed by atoms with Crippen LogP contribution in [0.25, 0.3) is 0 Å². The Morgan fingerprint density at radius 3 is 2.67 bits per heavy atom. The van der Waals surface area contributed by atoms with Gasteiger partial charge < -0.3 is 0 Å². The van der Waals surface area contributed by atoms with Crippen LogP contribution in [0.5, 0.6) is 0 Å². The molecule has 0 bridgehead atoms. The van der Waals surface area contributed by atoms with E-state index >= 15 is 0 Å². The standard InChI is InChI=1S/C10H10ClN3O2S2/c1-6-5-12-4-3-8(6)14-18(15,16)9-7(2)13-10(11)17-9/h3-5H,1-2H3,(H,12,14). The van der Waals surface area contributed by atoms with Crippen molar-refractivity contribution in [2.75, 3.05) is 4.72 Å². The molecule has 2 heterocycles. The number of anilines is 1. The summed E-state index contributed by atoms with van der Waals surface area (Å²) >= 11 is 6.65. The smallest absolute Gasteiger partial charge is 0.273 e. The summed E-state index contributed by atoms with van der Waals surface area (Å²) in [5.41, 5.74) is 1.63. The highest BCUT2D eigenvalue weighted by atomic mass is 35.5. The van der Waals surface area contributed by atoms with Gasteiger partial charge in [0.1, 0.15) is 0 Å². The second-order valence-corrected chi connectivity index (χ2v) is 7.09. The molecule has 2 rings (SSSR count). The van der Waals surface area contributed by atoms with Crippen LogP contribution in [0.1, 0.15) is 11.3 Å². The summed E-state index contributed by atoms with van der Waals surface area (Å²) < 4.78 is 27.2. The van der Waals surface area contributed by atoms with Crippen LogP contribution in [0.4, 0.5) is 5.69 Å². The van der Waals surface area contributed by atoms with E-state index in [0.717, 1.165) is 16.9 Å². The van der Waals surface area contributed by atoms with E-state index in [1.807, 2.05) is 0 Å². The third kappa shape index (κ3) is 2.63. The van der Waals surface area contributed by atoms with Gasteiger partial charge in [-0.15, -0.1) is 0 Å². The fourth-order valence-corrected chi connectivity index (χ4v) is 4.25. The largest absolute Gasteiger partial charge is 0.279 e. The maximum atomic E-state index is 12.2. The van der Waals surface area contributed by atoms with Gasteiger partial charge in [0, 0.05) is 12.4 Å². The number of hydrogen-bond acceptors (Lipinski definition) is 5. The number of pyridine rings is 1. The average molecular weight is 304 g/mol. The van der Waals surface area contributed by atoms with Gasteiger partial charge in [0.2, 0.25) is 0 Å². The summed E-state index contributed by atoms with van der Waals surface area (Å²) in [4.78, 5) is 7.80. The third-order valence-corrected chi connectivity index (χ3v) is 5.47. The topological polar surface area (TPSA) is 72.0 Å². The predicted octanol–water partition coefficient (Wildman–Crippen LogP) is 2.61. The zero-order valence-electron chi connectivity index (χ0n) is 9.64. The Balaban J connectivity index is 2.40. The molecule has 0 fully saturated rings. The summed E-state index contributed by atoms with van der Waals surface area (Å²) in [7, 11) is -3.65. The van der Waals surface area contributed by atoms with Crippen molar-refractivity contribution in [3.63, 3.8) is 0 Å². The number of hydrogen-bond donors (Lipinski definition) is 1. The first-order chi connectivity index (χ1) is 8.40. The van der Waals surface area contributed by atoms with Crippen molar-refractivity contribution in [3.05, 3.63) is 34.2 Å². The lowest BCUT2D eigenvalue weighted by Gasteiger charge is -2.08. The molecule has 0 atom stereocenters. The minimum Gasteiger partial charge on any atom is -0.279 e. The first-order valence-corrected chi connectivity index (χ1v) is 7.64. The van der Waals surface area contributed by atoms with E-state index in [1.165, 1.54) is 6.20 Å². The monoisotopic (exact) mass is 303 g/mol. The van der Waals surface area contributed by atoms with Crippen LogP contribution >= 0.6 is 22.9 Å². The maximum absolute atomic E-state index is 12.2. The minimum atomic E-state index is -3.65. The molecule has 8 heteroatoms. The highest BCUT2D eigenvalue weighted by Crippen LogP contribution is 2.28.